The first-order valence-corrected chi connectivity index (χ1v) is 18.5. The number of aliphatic imine (C=N–C) groups is 1. The molecular weight excluding hydrogens is 630 g/mol. The van der Waals surface area contributed by atoms with E-state index in [-0.39, 0.29) is 35.1 Å². The number of hydrogen-bond donors (Lipinski definition) is 1. The fraction of sp³-hybridized carbons (Fsp3) is 0.500. The largest absolute Gasteiger partial charge is 0.377 e. The Morgan fingerprint density at radius 3 is 2.60 bits per heavy atom. The predicted molar refractivity (Wildman–Crippen MR) is 183 cm³/mol. The molecule has 2 amide bonds. The first-order chi connectivity index (χ1) is 23.1. The molecule has 1 N–H and O–H groups in total. The van der Waals surface area contributed by atoms with Crippen molar-refractivity contribution in [1.29, 1.82) is 0 Å². The first kappa shape index (κ1) is 33.9. The highest BCUT2D eigenvalue weighted by atomic mass is 32.2. The van der Waals surface area contributed by atoms with Gasteiger partial charge >= 0.3 is 0 Å². The third-order valence-corrected chi connectivity index (χ3v) is 11.3. The number of amidine groups is 1. The topological polar surface area (TPSA) is 134 Å². The van der Waals surface area contributed by atoms with Crippen LogP contribution in [0.4, 0.5) is 5.82 Å². The fourth-order valence-corrected chi connectivity index (χ4v) is 7.99. The zero-order chi connectivity index (χ0) is 34.1. The van der Waals surface area contributed by atoms with Crippen molar-refractivity contribution in [2.75, 3.05) is 24.4 Å². The maximum absolute atomic E-state index is 14.2. The number of amides is 2. The number of aromatic nitrogens is 1. The van der Waals surface area contributed by atoms with Crippen LogP contribution in [0.1, 0.15) is 81.2 Å². The van der Waals surface area contributed by atoms with Gasteiger partial charge in [0.05, 0.1) is 24.6 Å². The number of aryl methyl sites for hydroxylation is 1. The van der Waals surface area contributed by atoms with Crippen LogP contribution < -0.4 is 4.72 Å². The summed E-state index contributed by atoms with van der Waals surface area (Å²) in [6.45, 7) is 9.46. The molecule has 2 aromatic carbocycles. The smallest absolute Gasteiger partial charge is 0.263 e. The molecule has 48 heavy (non-hydrogen) atoms. The molecule has 2 aliphatic heterocycles. The van der Waals surface area contributed by atoms with E-state index < -0.39 is 15.6 Å². The van der Waals surface area contributed by atoms with E-state index in [0.29, 0.717) is 61.5 Å². The van der Waals surface area contributed by atoms with E-state index in [0.717, 1.165) is 49.1 Å². The van der Waals surface area contributed by atoms with E-state index >= 15 is 0 Å². The van der Waals surface area contributed by atoms with Gasteiger partial charge in [-0.2, -0.15) is 0 Å². The maximum atomic E-state index is 14.2. The van der Waals surface area contributed by atoms with Gasteiger partial charge in [0, 0.05) is 43.0 Å². The van der Waals surface area contributed by atoms with Crippen LogP contribution in [-0.2, 0) is 37.5 Å². The minimum absolute atomic E-state index is 0.0474. The Labute approximate surface area is 282 Å². The van der Waals surface area contributed by atoms with Gasteiger partial charge in [-0.05, 0) is 62.8 Å². The van der Waals surface area contributed by atoms with Crippen LogP contribution in [0, 0.1) is 19.8 Å². The van der Waals surface area contributed by atoms with E-state index in [1.807, 2.05) is 30.0 Å². The molecule has 256 valence electrons. The number of unbranched alkanes of at least 4 members (excludes halogenated alkanes) is 1. The van der Waals surface area contributed by atoms with Crippen LogP contribution >= 0.6 is 0 Å². The van der Waals surface area contributed by atoms with E-state index in [9.17, 15) is 18.0 Å². The van der Waals surface area contributed by atoms with Gasteiger partial charge in [-0.25, -0.2) is 8.42 Å². The van der Waals surface area contributed by atoms with Gasteiger partial charge < -0.3 is 14.2 Å². The highest BCUT2D eigenvalue weighted by Crippen LogP contribution is 2.38. The Bertz CT molecular complexity index is 1830. The van der Waals surface area contributed by atoms with Gasteiger partial charge in [0.1, 0.15) is 11.6 Å². The zero-order valence-corrected chi connectivity index (χ0v) is 29.1. The van der Waals surface area contributed by atoms with Crippen LogP contribution in [0.5, 0.6) is 0 Å². The molecule has 6 rings (SSSR count). The zero-order valence-electron chi connectivity index (χ0n) is 28.3. The van der Waals surface area contributed by atoms with Crippen molar-refractivity contribution in [1.82, 2.24) is 15.0 Å². The number of hydrogen-bond acceptors (Lipinski definition) is 8. The molecule has 1 aliphatic carbocycles. The van der Waals surface area contributed by atoms with Crippen molar-refractivity contribution in [2.24, 2.45) is 10.9 Å². The van der Waals surface area contributed by atoms with Crippen molar-refractivity contribution in [3.63, 3.8) is 0 Å². The van der Waals surface area contributed by atoms with E-state index in [2.05, 4.69) is 16.8 Å². The molecule has 3 aliphatic rings. The molecule has 0 radical (unpaired) electrons. The lowest BCUT2D eigenvalue weighted by atomic mass is 9.84. The second kappa shape index (κ2) is 13.8. The van der Waals surface area contributed by atoms with Gasteiger partial charge in [0.15, 0.2) is 11.4 Å². The van der Waals surface area contributed by atoms with Crippen LogP contribution in [0.3, 0.4) is 0 Å². The standard InChI is InChI=1S/C36H45N5O6S/c1-5-7-15-32-37-36(18-19-40(23-36)34(42)27-11-10-12-27)35(43)41(32)21-26-16-17-29(28(20-26)22-46-6-2)30-13-8-9-14-31(30)48(44,45)39-33-24(3)25(4)47-38-33/h8-9,13-14,16-17,20,27H,5-7,10-12,15,18-19,21-23H2,1-4H3,(H,38,39)/t36-/m1/s1. The third kappa shape index (κ3) is 6.52. The fourth-order valence-electron chi connectivity index (χ4n) is 6.71. The number of ether oxygens (including phenoxy) is 1. The van der Waals surface area contributed by atoms with Crippen LogP contribution in [0.2, 0.25) is 0 Å². The monoisotopic (exact) mass is 675 g/mol. The Hall–Kier alpha value is -4.03. The highest BCUT2D eigenvalue weighted by Gasteiger charge is 2.53. The minimum Gasteiger partial charge on any atom is -0.377 e. The van der Waals surface area contributed by atoms with Crippen LogP contribution in [-0.4, -0.2) is 66.3 Å². The van der Waals surface area contributed by atoms with Crippen LogP contribution in [0.15, 0.2) is 56.9 Å². The van der Waals surface area contributed by atoms with Gasteiger partial charge in [-0.15, -0.1) is 0 Å². The first-order valence-electron chi connectivity index (χ1n) is 17.0. The van der Waals surface area contributed by atoms with Gasteiger partial charge in [0.2, 0.25) is 5.91 Å². The molecule has 11 nitrogen and oxygen atoms in total. The van der Waals surface area contributed by atoms with Crippen molar-refractivity contribution in [3.05, 3.63) is 64.9 Å². The summed E-state index contributed by atoms with van der Waals surface area (Å²) in [6.07, 6.45) is 6.06. The summed E-state index contributed by atoms with van der Waals surface area (Å²) in [5.41, 5.74) is 2.62. The Morgan fingerprint density at radius 2 is 1.92 bits per heavy atom. The average molecular weight is 676 g/mol. The number of carbonyl (C=O) groups is 2. The summed E-state index contributed by atoms with van der Waals surface area (Å²) in [4.78, 5) is 36.0. The minimum atomic E-state index is -4.03. The van der Waals surface area contributed by atoms with Crippen molar-refractivity contribution < 1.29 is 27.3 Å². The lowest BCUT2D eigenvalue weighted by molar-refractivity contribution is -0.137. The number of nitrogens with zero attached hydrogens (tertiary/aromatic N) is 4. The number of sulfonamides is 1. The number of likely N-dealkylation sites (tertiary alicyclic amines) is 1. The lowest BCUT2D eigenvalue weighted by Gasteiger charge is -2.29. The average Bonchev–Trinajstić information content (AvgIpc) is 3.70. The van der Waals surface area contributed by atoms with Gasteiger partial charge in [0.25, 0.3) is 15.9 Å². The Balaban J connectivity index is 1.29. The molecule has 1 aromatic heterocycles. The van der Waals surface area contributed by atoms with Gasteiger partial charge in [-0.3, -0.25) is 24.2 Å². The molecule has 2 fully saturated rings. The number of benzene rings is 2. The lowest BCUT2D eigenvalue weighted by Crippen LogP contribution is -2.46. The normalized spacial score (nSPS) is 19.7. The molecule has 3 heterocycles. The summed E-state index contributed by atoms with van der Waals surface area (Å²) >= 11 is 0. The summed E-state index contributed by atoms with van der Waals surface area (Å²) in [6, 6.07) is 12.7. The second-order valence-corrected chi connectivity index (χ2v) is 14.8. The predicted octanol–water partition coefficient (Wildman–Crippen LogP) is 6.00. The highest BCUT2D eigenvalue weighted by molar-refractivity contribution is 7.92. The number of carbonyl (C=O) groups excluding carboxylic acids is 2. The van der Waals surface area contributed by atoms with Crippen molar-refractivity contribution in [2.45, 2.75) is 96.2 Å². The molecule has 0 bridgehead atoms. The molecule has 12 heteroatoms. The van der Waals surface area contributed by atoms with E-state index in [1.54, 1.807) is 43.0 Å². The van der Waals surface area contributed by atoms with Gasteiger partial charge in [-0.1, -0.05) is 61.3 Å². The molecule has 1 saturated heterocycles. The maximum Gasteiger partial charge on any atom is 0.263 e. The summed E-state index contributed by atoms with van der Waals surface area (Å²) < 4.78 is 41.0. The molecule has 0 unspecified atom stereocenters. The number of anilines is 1. The van der Waals surface area contributed by atoms with Crippen LogP contribution in [0.25, 0.3) is 11.1 Å². The Morgan fingerprint density at radius 1 is 1.12 bits per heavy atom. The Kier molecular flexibility index (Phi) is 9.76. The number of rotatable bonds is 13. The molecule has 1 atom stereocenters. The summed E-state index contributed by atoms with van der Waals surface area (Å²) in [5.74, 6) is 1.66. The second-order valence-electron chi connectivity index (χ2n) is 13.1. The number of nitrogens with one attached hydrogen (secondary N) is 1. The van der Waals surface area contributed by atoms with Crippen molar-refractivity contribution >= 4 is 33.5 Å². The SMILES string of the molecule is CCCCC1=N[C@@]2(CCN(C(=O)C3CCC3)C2)C(=O)N1Cc1ccc(-c2ccccc2S(=O)(=O)Nc2noc(C)c2C)c(COCC)c1. The molecular formula is C36H45N5O6S. The van der Waals surface area contributed by atoms with Crippen molar-refractivity contribution in [3.8, 4) is 11.1 Å². The van der Waals surface area contributed by atoms with E-state index in [4.69, 9.17) is 14.3 Å². The molecule has 1 saturated carbocycles. The summed E-state index contributed by atoms with van der Waals surface area (Å²) in [7, 11) is -4.03. The molecule has 3 aromatic rings. The quantitative estimate of drug-likeness (QED) is 0.235. The third-order valence-electron chi connectivity index (χ3n) is 9.89. The van der Waals surface area contributed by atoms with E-state index in [1.165, 1.54) is 0 Å². The molecule has 1 spiro atoms. The summed E-state index contributed by atoms with van der Waals surface area (Å²) in [5, 5.41) is 3.88.